The Morgan fingerprint density at radius 2 is 2.20 bits per heavy atom. The van der Waals surface area contributed by atoms with Crippen molar-refractivity contribution in [3.8, 4) is 6.07 Å². The fraction of sp³-hybridized carbons (Fsp3) is 0.692. The highest BCUT2D eigenvalue weighted by Gasteiger charge is 2.36. The molecule has 7 heteroatoms. The highest BCUT2D eigenvalue weighted by molar-refractivity contribution is 5.09. The highest BCUT2D eigenvalue weighted by atomic mass is 19.4. The largest absolute Gasteiger partial charge is 0.435 e. The van der Waals surface area contributed by atoms with E-state index in [0.29, 0.717) is 12.5 Å². The van der Waals surface area contributed by atoms with Crippen molar-refractivity contribution < 1.29 is 13.2 Å². The van der Waals surface area contributed by atoms with Crippen molar-refractivity contribution >= 4 is 0 Å². The van der Waals surface area contributed by atoms with E-state index < -0.39 is 17.4 Å². The van der Waals surface area contributed by atoms with Crippen LogP contribution in [-0.4, -0.2) is 21.4 Å². The fourth-order valence-electron chi connectivity index (χ4n) is 2.23. The van der Waals surface area contributed by atoms with Gasteiger partial charge in [0.2, 0.25) is 0 Å². The van der Waals surface area contributed by atoms with Crippen molar-refractivity contribution in [1.82, 2.24) is 15.1 Å². The molecular weight excluding hydrogens is 269 g/mol. The number of alkyl halides is 3. The lowest BCUT2D eigenvalue weighted by atomic mass is 9.95. The molecule has 1 aromatic rings. The van der Waals surface area contributed by atoms with Crippen LogP contribution in [-0.2, 0) is 6.18 Å². The van der Waals surface area contributed by atoms with Gasteiger partial charge in [-0.05, 0) is 32.8 Å². The van der Waals surface area contributed by atoms with E-state index in [1.54, 1.807) is 13.8 Å². The van der Waals surface area contributed by atoms with Gasteiger partial charge in [0.25, 0.3) is 0 Å². The molecule has 4 nitrogen and oxygen atoms in total. The Morgan fingerprint density at radius 1 is 1.55 bits per heavy atom. The summed E-state index contributed by atoms with van der Waals surface area (Å²) >= 11 is 0. The first-order chi connectivity index (χ1) is 9.23. The molecule has 1 aliphatic carbocycles. The van der Waals surface area contributed by atoms with Crippen LogP contribution in [0.4, 0.5) is 13.2 Å². The van der Waals surface area contributed by atoms with Gasteiger partial charge in [-0.25, -0.2) is 0 Å². The van der Waals surface area contributed by atoms with Crippen LogP contribution >= 0.6 is 0 Å². The zero-order chi connectivity index (χ0) is 15.0. The van der Waals surface area contributed by atoms with E-state index in [2.05, 4.69) is 16.5 Å². The van der Waals surface area contributed by atoms with Gasteiger partial charge in [-0.3, -0.25) is 10.00 Å². The monoisotopic (exact) mass is 286 g/mol. The number of nitrogens with zero attached hydrogens (tertiary/aromatic N) is 3. The number of rotatable bonds is 5. The van der Waals surface area contributed by atoms with Crippen LogP contribution in [0.2, 0.25) is 0 Å². The van der Waals surface area contributed by atoms with Gasteiger partial charge >= 0.3 is 6.18 Å². The van der Waals surface area contributed by atoms with Gasteiger partial charge in [0.05, 0.1) is 12.1 Å². The molecule has 2 atom stereocenters. The number of aromatic nitrogens is 2. The summed E-state index contributed by atoms with van der Waals surface area (Å²) in [5.74, 6) is 0. The molecule has 0 spiro atoms. The standard InChI is InChI=1S/C13H17F3N4/c1-9(7-12(2,8-17)18-10-3-4-10)20-6-5-11(19-20)13(14,15)16/h5-6,9-10,18H,3-4,7H2,1-2H3. The van der Waals surface area contributed by atoms with E-state index in [1.807, 2.05) is 0 Å². The minimum Gasteiger partial charge on any atom is -0.297 e. The molecule has 20 heavy (non-hydrogen) atoms. The summed E-state index contributed by atoms with van der Waals surface area (Å²) in [6, 6.07) is 3.23. The van der Waals surface area contributed by atoms with Gasteiger partial charge in [-0.1, -0.05) is 0 Å². The van der Waals surface area contributed by atoms with E-state index in [4.69, 9.17) is 0 Å². The van der Waals surface area contributed by atoms with Crippen molar-refractivity contribution in [1.29, 1.82) is 5.26 Å². The lowest BCUT2D eigenvalue weighted by Crippen LogP contribution is -2.44. The van der Waals surface area contributed by atoms with Crippen LogP contribution in [0.1, 0.15) is 44.8 Å². The van der Waals surface area contributed by atoms with Crippen LogP contribution in [0.25, 0.3) is 0 Å². The third-order valence-corrected chi connectivity index (χ3v) is 3.40. The molecule has 2 rings (SSSR count). The van der Waals surface area contributed by atoms with E-state index in [9.17, 15) is 18.4 Å². The molecule has 0 aromatic carbocycles. The maximum Gasteiger partial charge on any atom is 0.435 e. The summed E-state index contributed by atoms with van der Waals surface area (Å²) in [4.78, 5) is 0. The minimum absolute atomic E-state index is 0.290. The van der Waals surface area contributed by atoms with Gasteiger partial charge in [0.15, 0.2) is 5.69 Å². The van der Waals surface area contributed by atoms with Crippen molar-refractivity contribution in [3.05, 3.63) is 18.0 Å². The molecule has 1 aromatic heterocycles. The third-order valence-electron chi connectivity index (χ3n) is 3.40. The van der Waals surface area contributed by atoms with Crippen molar-refractivity contribution in [2.75, 3.05) is 0 Å². The number of hydrogen-bond acceptors (Lipinski definition) is 3. The second-order valence-corrected chi connectivity index (χ2v) is 5.59. The molecule has 0 bridgehead atoms. The average molecular weight is 286 g/mol. The SMILES string of the molecule is CC(CC(C)(C#N)NC1CC1)n1ccc(C(F)(F)F)n1. The Labute approximate surface area is 115 Å². The molecule has 1 saturated carbocycles. The number of nitriles is 1. The Hall–Kier alpha value is -1.55. The molecule has 1 aliphatic rings. The second kappa shape index (κ2) is 5.09. The predicted molar refractivity (Wildman–Crippen MR) is 66.7 cm³/mol. The molecule has 1 heterocycles. The Morgan fingerprint density at radius 3 is 2.65 bits per heavy atom. The molecule has 110 valence electrons. The maximum absolute atomic E-state index is 12.5. The summed E-state index contributed by atoms with van der Waals surface area (Å²) in [5.41, 5.74) is -1.65. The average Bonchev–Trinajstić information content (AvgIpc) is 2.98. The molecule has 0 aliphatic heterocycles. The van der Waals surface area contributed by atoms with Crippen LogP contribution in [0.15, 0.2) is 12.3 Å². The molecule has 0 radical (unpaired) electrons. The molecular formula is C13H17F3N4. The van der Waals surface area contributed by atoms with Gasteiger partial charge in [0.1, 0.15) is 5.54 Å². The second-order valence-electron chi connectivity index (χ2n) is 5.59. The zero-order valence-corrected chi connectivity index (χ0v) is 11.4. The van der Waals surface area contributed by atoms with E-state index in [1.165, 1.54) is 10.9 Å². The van der Waals surface area contributed by atoms with Crippen molar-refractivity contribution in [3.63, 3.8) is 0 Å². The summed E-state index contributed by atoms with van der Waals surface area (Å²) in [6.45, 7) is 3.54. The van der Waals surface area contributed by atoms with Crippen LogP contribution in [0.5, 0.6) is 0 Å². The van der Waals surface area contributed by atoms with Gasteiger partial charge < -0.3 is 0 Å². The van der Waals surface area contributed by atoms with E-state index in [-0.39, 0.29) is 6.04 Å². The molecule has 2 unspecified atom stereocenters. The molecule has 1 fully saturated rings. The number of hydrogen-bond donors (Lipinski definition) is 1. The molecule has 0 amide bonds. The minimum atomic E-state index is -4.43. The van der Waals surface area contributed by atoms with Crippen LogP contribution in [0.3, 0.4) is 0 Å². The summed E-state index contributed by atoms with van der Waals surface area (Å²) in [7, 11) is 0. The van der Waals surface area contributed by atoms with Crippen LogP contribution in [0, 0.1) is 11.3 Å². The van der Waals surface area contributed by atoms with Crippen LogP contribution < -0.4 is 5.32 Å². The Balaban J connectivity index is 2.05. The lowest BCUT2D eigenvalue weighted by Gasteiger charge is -2.26. The first-order valence-electron chi connectivity index (χ1n) is 6.55. The Bertz CT molecular complexity index is 512. The first kappa shape index (κ1) is 14.9. The van der Waals surface area contributed by atoms with Gasteiger partial charge in [0, 0.05) is 18.7 Å². The Kier molecular flexibility index (Phi) is 3.78. The molecule has 1 N–H and O–H groups in total. The van der Waals surface area contributed by atoms with Crippen molar-refractivity contribution in [2.24, 2.45) is 0 Å². The lowest BCUT2D eigenvalue weighted by molar-refractivity contribution is -0.141. The maximum atomic E-state index is 12.5. The van der Waals surface area contributed by atoms with E-state index >= 15 is 0 Å². The smallest absolute Gasteiger partial charge is 0.297 e. The first-order valence-corrected chi connectivity index (χ1v) is 6.55. The predicted octanol–water partition coefficient (Wildman–Crippen LogP) is 2.89. The highest BCUT2D eigenvalue weighted by Crippen LogP contribution is 2.30. The van der Waals surface area contributed by atoms with Gasteiger partial charge in [-0.15, -0.1) is 0 Å². The topological polar surface area (TPSA) is 53.6 Å². The quantitative estimate of drug-likeness (QED) is 0.905. The van der Waals surface area contributed by atoms with E-state index in [0.717, 1.165) is 18.9 Å². The number of nitrogens with one attached hydrogen (secondary N) is 1. The normalized spacial score (nSPS) is 20.2. The number of halogens is 3. The third kappa shape index (κ3) is 3.51. The fourth-order valence-corrected chi connectivity index (χ4v) is 2.23. The molecule has 0 saturated heterocycles. The van der Waals surface area contributed by atoms with Gasteiger partial charge in [-0.2, -0.15) is 23.5 Å². The zero-order valence-electron chi connectivity index (χ0n) is 11.4. The summed E-state index contributed by atoms with van der Waals surface area (Å²) in [5, 5.41) is 16.0. The van der Waals surface area contributed by atoms with Crippen molar-refractivity contribution in [2.45, 2.75) is 56.9 Å². The summed E-state index contributed by atoms with van der Waals surface area (Å²) in [6.07, 6.45) is -0.631. The summed E-state index contributed by atoms with van der Waals surface area (Å²) < 4.78 is 38.8.